The SMILES string of the molecule is O=C(COC(=O)C1CCN(C(=O)C2CC2)CC1)NC(=O)NCCc1cccs1. The molecule has 0 spiro atoms. The number of carbonyl (C=O) groups is 4. The molecule has 8 nitrogen and oxygen atoms in total. The molecule has 1 aliphatic carbocycles. The van der Waals surface area contributed by atoms with Crippen LogP contribution in [0.4, 0.5) is 4.79 Å². The summed E-state index contributed by atoms with van der Waals surface area (Å²) in [7, 11) is 0. The van der Waals surface area contributed by atoms with Crippen LogP contribution in [0.2, 0.25) is 0 Å². The highest BCUT2D eigenvalue weighted by molar-refractivity contribution is 7.09. The largest absolute Gasteiger partial charge is 0.455 e. The smallest absolute Gasteiger partial charge is 0.321 e. The van der Waals surface area contributed by atoms with E-state index in [1.54, 1.807) is 11.3 Å². The number of ether oxygens (including phenoxy) is 1. The number of nitrogens with one attached hydrogen (secondary N) is 2. The van der Waals surface area contributed by atoms with Gasteiger partial charge in [-0.2, -0.15) is 0 Å². The van der Waals surface area contributed by atoms with E-state index in [1.807, 2.05) is 22.4 Å². The van der Waals surface area contributed by atoms with Gasteiger partial charge in [0.05, 0.1) is 5.92 Å². The number of esters is 1. The van der Waals surface area contributed by atoms with Crippen LogP contribution in [0.15, 0.2) is 17.5 Å². The van der Waals surface area contributed by atoms with Crippen molar-refractivity contribution in [3.05, 3.63) is 22.4 Å². The van der Waals surface area contributed by atoms with E-state index in [0.717, 1.165) is 17.7 Å². The number of carbonyl (C=O) groups excluding carboxylic acids is 4. The third-order valence-electron chi connectivity index (χ3n) is 4.90. The van der Waals surface area contributed by atoms with Crippen LogP contribution in [0.25, 0.3) is 0 Å². The van der Waals surface area contributed by atoms with Crippen molar-refractivity contribution >= 4 is 35.2 Å². The molecule has 28 heavy (non-hydrogen) atoms. The number of nitrogens with zero attached hydrogens (tertiary/aromatic N) is 1. The van der Waals surface area contributed by atoms with Gasteiger partial charge in [-0.25, -0.2) is 4.79 Å². The van der Waals surface area contributed by atoms with Crippen molar-refractivity contribution in [3.63, 3.8) is 0 Å². The first kappa shape index (κ1) is 20.3. The van der Waals surface area contributed by atoms with Crippen LogP contribution >= 0.6 is 11.3 Å². The first-order valence-electron chi connectivity index (χ1n) is 9.58. The zero-order chi connectivity index (χ0) is 19.9. The van der Waals surface area contributed by atoms with E-state index in [9.17, 15) is 19.2 Å². The Morgan fingerprint density at radius 2 is 1.86 bits per heavy atom. The highest BCUT2D eigenvalue weighted by atomic mass is 32.1. The summed E-state index contributed by atoms with van der Waals surface area (Å²) in [6.45, 7) is 1.03. The van der Waals surface area contributed by atoms with E-state index in [1.165, 1.54) is 0 Å². The maximum Gasteiger partial charge on any atom is 0.321 e. The number of imide groups is 1. The lowest BCUT2D eigenvalue weighted by Gasteiger charge is -2.31. The van der Waals surface area contributed by atoms with E-state index in [0.29, 0.717) is 38.9 Å². The molecule has 1 saturated carbocycles. The second kappa shape index (κ2) is 9.68. The molecule has 0 bridgehead atoms. The summed E-state index contributed by atoms with van der Waals surface area (Å²) in [6, 6.07) is 3.30. The van der Waals surface area contributed by atoms with Gasteiger partial charge >= 0.3 is 12.0 Å². The van der Waals surface area contributed by atoms with Crippen LogP contribution in [0.3, 0.4) is 0 Å². The molecule has 2 N–H and O–H groups in total. The van der Waals surface area contributed by atoms with E-state index < -0.39 is 24.5 Å². The molecule has 152 valence electrons. The standard InChI is InChI=1S/C19H25N3O5S/c23-16(21-19(26)20-8-5-15-2-1-11-28-15)12-27-18(25)14-6-9-22(10-7-14)17(24)13-3-4-13/h1-2,11,13-14H,3-10,12H2,(H2,20,21,23,26). The van der Waals surface area contributed by atoms with Crippen molar-refractivity contribution in [1.29, 1.82) is 0 Å². The van der Waals surface area contributed by atoms with E-state index in [4.69, 9.17) is 4.74 Å². The summed E-state index contributed by atoms with van der Waals surface area (Å²) in [5, 5.41) is 6.69. The number of amides is 4. The van der Waals surface area contributed by atoms with Gasteiger partial charge in [-0.1, -0.05) is 6.07 Å². The van der Waals surface area contributed by atoms with Crippen LogP contribution in [-0.2, 0) is 25.5 Å². The van der Waals surface area contributed by atoms with Gasteiger partial charge < -0.3 is 15.0 Å². The topological polar surface area (TPSA) is 105 Å². The van der Waals surface area contributed by atoms with Gasteiger partial charge in [-0.3, -0.25) is 19.7 Å². The third-order valence-corrected chi connectivity index (χ3v) is 5.84. The van der Waals surface area contributed by atoms with Crippen molar-refractivity contribution in [2.24, 2.45) is 11.8 Å². The van der Waals surface area contributed by atoms with E-state index in [-0.39, 0.29) is 17.7 Å². The minimum Gasteiger partial charge on any atom is -0.455 e. The molecule has 2 heterocycles. The minimum atomic E-state index is -0.664. The average Bonchev–Trinajstić information content (AvgIpc) is 3.42. The third kappa shape index (κ3) is 6.05. The molecule has 0 atom stereocenters. The van der Waals surface area contributed by atoms with Crippen molar-refractivity contribution in [1.82, 2.24) is 15.5 Å². The molecule has 1 aromatic heterocycles. The van der Waals surface area contributed by atoms with E-state index in [2.05, 4.69) is 10.6 Å². The first-order valence-corrected chi connectivity index (χ1v) is 10.5. The van der Waals surface area contributed by atoms with Crippen LogP contribution in [0.1, 0.15) is 30.6 Å². The number of hydrogen-bond donors (Lipinski definition) is 2. The minimum absolute atomic E-state index is 0.184. The molecule has 0 unspecified atom stereocenters. The number of rotatable bonds is 7. The van der Waals surface area contributed by atoms with Crippen LogP contribution in [0.5, 0.6) is 0 Å². The van der Waals surface area contributed by atoms with Gasteiger partial charge in [-0.15, -0.1) is 11.3 Å². The summed E-state index contributed by atoms with van der Waals surface area (Å²) in [5.74, 6) is -1.05. The molecule has 0 radical (unpaired) electrons. The Morgan fingerprint density at radius 1 is 1.11 bits per heavy atom. The number of piperidine rings is 1. The zero-order valence-corrected chi connectivity index (χ0v) is 16.5. The average molecular weight is 407 g/mol. The van der Waals surface area contributed by atoms with Gasteiger partial charge in [0, 0.05) is 30.4 Å². The molecule has 4 amide bonds. The normalized spacial score (nSPS) is 17.1. The molecule has 3 rings (SSSR count). The molecular formula is C19H25N3O5S. The van der Waals surface area contributed by atoms with Crippen LogP contribution in [-0.4, -0.2) is 55.0 Å². The second-order valence-electron chi connectivity index (χ2n) is 7.11. The Morgan fingerprint density at radius 3 is 2.50 bits per heavy atom. The molecule has 2 aliphatic rings. The summed E-state index contributed by atoms with van der Waals surface area (Å²) in [6.07, 6.45) is 3.72. The van der Waals surface area contributed by atoms with Crippen LogP contribution in [0, 0.1) is 11.8 Å². The fourth-order valence-electron chi connectivity index (χ4n) is 3.14. The molecule has 1 saturated heterocycles. The quantitative estimate of drug-likeness (QED) is 0.663. The molecule has 9 heteroatoms. The highest BCUT2D eigenvalue weighted by Crippen LogP contribution is 2.32. The van der Waals surface area contributed by atoms with Crippen molar-refractivity contribution in [2.75, 3.05) is 26.2 Å². The predicted molar refractivity (Wildman–Crippen MR) is 103 cm³/mol. The van der Waals surface area contributed by atoms with Gasteiger partial charge in [0.2, 0.25) is 5.91 Å². The molecular weight excluding hydrogens is 382 g/mol. The number of likely N-dealkylation sites (tertiary alicyclic amines) is 1. The molecule has 0 aromatic carbocycles. The fourth-order valence-corrected chi connectivity index (χ4v) is 3.85. The fraction of sp³-hybridized carbons (Fsp3) is 0.579. The van der Waals surface area contributed by atoms with Crippen molar-refractivity contribution < 1.29 is 23.9 Å². The second-order valence-corrected chi connectivity index (χ2v) is 8.15. The van der Waals surface area contributed by atoms with Gasteiger partial charge in [0.1, 0.15) is 0 Å². The highest BCUT2D eigenvalue weighted by Gasteiger charge is 2.36. The predicted octanol–water partition coefficient (Wildman–Crippen LogP) is 1.31. The van der Waals surface area contributed by atoms with Crippen LogP contribution < -0.4 is 10.6 Å². The summed E-state index contributed by atoms with van der Waals surface area (Å²) in [5.41, 5.74) is 0. The van der Waals surface area contributed by atoms with E-state index >= 15 is 0 Å². The number of urea groups is 1. The Hall–Kier alpha value is -2.42. The van der Waals surface area contributed by atoms with Crippen molar-refractivity contribution in [3.8, 4) is 0 Å². The maximum atomic E-state index is 12.1. The molecule has 1 aliphatic heterocycles. The Kier molecular flexibility index (Phi) is 7.02. The first-order chi connectivity index (χ1) is 13.5. The van der Waals surface area contributed by atoms with Gasteiger partial charge in [0.15, 0.2) is 6.61 Å². The monoisotopic (exact) mass is 407 g/mol. The maximum absolute atomic E-state index is 12.1. The summed E-state index contributed by atoms with van der Waals surface area (Å²) >= 11 is 1.60. The van der Waals surface area contributed by atoms with Crippen molar-refractivity contribution in [2.45, 2.75) is 32.1 Å². The lowest BCUT2D eigenvalue weighted by atomic mass is 9.97. The lowest BCUT2D eigenvalue weighted by Crippen LogP contribution is -2.43. The van der Waals surface area contributed by atoms with Gasteiger partial charge in [0.25, 0.3) is 5.91 Å². The number of hydrogen-bond acceptors (Lipinski definition) is 6. The molecule has 2 fully saturated rings. The Balaban J connectivity index is 1.28. The summed E-state index contributed by atoms with van der Waals surface area (Å²) in [4.78, 5) is 50.5. The Bertz CT molecular complexity index is 709. The summed E-state index contributed by atoms with van der Waals surface area (Å²) < 4.78 is 5.03. The number of thiophene rings is 1. The Labute approximate surface area is 167 Å². The zero-order valence-electron chi connectivity index (χ0n) is 15.6. The molecule has 1 aromatic rings. The van der Waals surface area contributed by atoms with Gasteiger partial charge in [-0.05, 0) is 43.6 Å². The lowest BCUT2D eigenvalue weighted by molar-refractivity contribution is -0.154.